The molecule has 156 valence electrons. The predicted octanol–water partition coefficient (Wildman–Crippen LogP) is -0.646. The minimum Gasteiger partial charge on any atom is -0.462 e. The highest BCUT2D eigenvalue weighted by molar-refractivity contribution is 5.86. The van der Waals surface area contributed by atoms with Gasteiger partial charge >= 0.3 is 5.97 Å². The highest BCUT2D eigenvalue weighted by Gasteiger charge is 2.34. The lowest BCUT2D eigenvalue weighted by Crippen LogP contribution is -2.44. The molecule has 0 aromatic rings. The summed E-state index contributed by atoms with van der Waals surface area (Å²) in [4.78, 5) is 11.0. The minimum absolute atomic E-state index is 0. The first-order valence-corrected chi connectivity index (χ1v) is 6.38. The van der Waals surface area contributed by atoms with Crippen LogP contribution in [-0.2, 0) is 14.3 Å². The van der Waals surface area contributed by atoms with Crippen molar-refractivity contribution < 1.29 is 39.8 Å². The Balaban J connectivity index is -0.000000333. The number of carbonyl (C=O) groups is 1. The molecule has 0 aromatic heterocycles. The maximum Gasteiger partial charge on any atom is 0.330 e. The molecule has 0 aliphatic rings. The number of aliphatic hydroxyl groups excluding tert-OH is 5. The van der Waals surface area contributed by atoms with E-state index in [1.54, 1.807) is 0 Å². The molecule has 0 atom stereocenters. The van der Waals surface area contributed by atoms with E-state index in [9.17, 15) is 15.0 Å². The van der Waals surface area contributed by atoms with E-state index < -0.39 is 49.8 Å². The van der Waals surface area contributed by atoms with Crippen LogP contribution in [0.4, 0.5) is 0 Å². The average Bonchev–Trinajstić information content (AvgIpc) is 2.55. The molecule has 0 aromatic carbocycles. The first kappa shape index (κ1) is 36.1. The molecular weight excluding hydrogens is 426 g/mol. The zero-order valence-electron chi connectivity index (χ0n) is 13.5. The van der Waals surface area contributed by atoms with Crippen molar-refractivity contribution >= 4 is 55.6 Å². The van der Waals surface area contributed by atoms with Crippen LogP contribution in [0.2, 0.25) is 0 Å². The number of aliphatic hydroxyl groups is 5. The fraction of sp³-hybridized carbons (Fsp3) is 0.769. The summed E-state index contributed by atoms with van der Waals surface area (Å²) in [6.07, 6.45) is 0.953. The van der Waals surface area contributed by atoms with Crippen LogP contribution >= 0.6 is 49.6 Å². The highest BCUT2D eigenvalue weighted by Crippen LogP contribution is 2.21. The summed E-state index contributed by atoms with van der Waals surface area (Å²) in [5.41, 5.74) is -2.43. The van der Waals surface area contributed by atoms with Gasteiger partial charge in [-0.25, -0.2) is 4.79 Å². The number of hydrogen-bond donors (Lipinski definition) is 5. The van der Waals surface area contributed by atoms with E-state index >= 15 is 0 Å². The van der Waals surface area contributed by atoms with E-state index in [2.05, 4.69) is 6.58 Å². The molecule has 8 nitrogen and oxygen atoms in total. The lowest BCUT2D eigenvalue weighted by atomic mass is 9.90. The van der Waals surface area contributed by atoms with Crippen LogP contribution in [0.15, 0.2) is 12.7 Å². The Morgan fingerprint density at radius 2 is 1.12 bits per heavy atom. The summed E-state index contributed by atoms with van der Waals surface area (Å²) in [6, 6.07) is 0. The number of hydrogen-bond acceptors (Lipinski definition) is 8. The molecule has 0 unspecified atom stereocenters. The van der Waals surface area contributed by atoms with Crippen LogP contribution in [0.25, 0.3) is 0 Å². The summed E-state index contributed by atoms with van der Waals surface area (Å²) < 4.78 is 10.1. The molecule has 0 bridgehead atoms. The van der Waals surface area contributed by atoms with Gasteiger partial charge in [0.1, 0.15) is 6.61 Å². The molecular formula is C13H28Cl4O8. The van der Waals surface area contributed by atoms with Gasteiger partial charge in [-0.3, -0.25) is 0 Å². The lowest BCUT2D eigenvalue weighted by molar-refractivity contribution is -0.149. The van der Waals surface area contributed by atoms with Crippen LogP contribution in [-0.4, -0.2) is 84.4 Å². The van der Waals surface area contributed by atoms with Crippen molar-refractivity contribution in [1.29, 1.82) is 0 Å². The molecule has 0 amide bonds. The second-order valence-corrected chi connectivity index (χ2v) is 5.10. The molecule has 0 saturated heterocycles. The van der Waals surface area contributed by atoms with Gasteiger partial charge in [-0.05, 0) is 0 Å². The van der Waals surface area contributed by atoms with Crippen LogP contribution in [0.3, 0.4) is 0 Å². The Bertz CT molecular complexity index is 317. The zero-order valence-corrected chi connectivity index (χ0v) is 16.8. The quantitative estimate of drug-likeness (QED) is 0.194. The maximum absolute atomic E-state index is 11.0. The third-order valence-electron chi connectivity index (χ3n) is 3.18. The topological polar surface area (TPSA) is 137 Å². The maximum atomic E-state index is 11.0. The van der Waals surface area contributed by atoms with E-state index in [1.807, 2.05) is 0 Å². The summed E-state index contributed by atoms with van der Waals surface area (Å²) in [5.74, 6) is -0.698. The molecule has 0 saturated carbocycles. The molecule has 12 heteroatoms. The van der Waals surface area contributed by atoms with Gasteiger partial charge in [0.2, 0.25) is 0 Å². The van der Waals surface area contributed by atoms with Crippen molar-refractivity contribution in [2.75, 3.05) is 52.9 Å². The molecule has 0 spiro atoms. The van der Waals surface area contributed by atoms with Crippen LogP contribution in [0.1, 0.15) is 0 Å². The number of halogens is 4. The Kier molecular flexibility index (Phi) is 27.3. The summed E-state index contributed by atoms with van der Waals surface area (Å²) in [5, 5.41) is 46.2. The monoisotopic (exact) mass is 452 g/mol. The first-order valence-electron chi connectivity index (χ1n) is 6.38. The van der Waals surface area contributed by atoms with Gasteiger partial charge in [0.15, 0.2) is 0 Å². The summed E-state index contributed by atoms with van der Waals surface area (Å²) in [7, 11) is 0. The molecule has 0 heterocycles. The summed E-state index contributed by atoms with van der Waals surface area (Å²) >= 11 is 0. The van der Waals surface area contributed by atoms with Gasteiger partial charge in [-0.2, -0.15) is 0 Å². The van der Waals surface area contributed by atoms with Gasteiger partial charge in [0.25, 0.3) is 0 Å². The third-order valence-corrected chi connectivity index (χ3v) is 3.18. The Morgan fingerprint density at radius 1 is 0.760 bits per heavy atom. The van der Waals surface area contributed by atoms with Gasteiger partial charge < -0.3 is 35.0 Å². The Labute approximate surface area is 171 Å². The van der Waals surface area contributed by atoms with Crippen molar-refractivity contribution in [1.82, 2.24) is 0 Å². The molecule has 0 radical (unpaired) electrons. The van der Waals surface area contributed by atoms with Crippen molar-refractivity contribution in [3.05, 3.63) is 12.7 Å². The van der Waals surface area contributed by atoms with E-state index in [0.29, 0.717) is 0 Å². The first-order chi connectivity index (χ1) is 9.96. The Morgan fingerprint density at radius 3 is 1.44 bits per heavy atom. The number of ether oxygens (including phenoxy) is 2. The fourth-order valence-electron chi connectivity index (χ4n) is 1.33. The highest BCUT2D eigenvalue weighted by atomic mass is 35.5. The summed E-state index contributed by atoms with van der Waals surface area (Å²) in [6.45, 7) is 0.0973. The van der Waals surface area contributed by atoms with E-state index in [1.165, 1.54) is 0 Å². The number of esters is 1. The van der Waals surface area contributed by atoms with E-state index in [-0.39, 0.29) is 69.4 Å². The Hall–Kier alpha value is 0.130. The van der Waals surface area contributed by atoms with Gasteiger partial charge in [-0.15, -0.1) is 49.6 Å². The van der Waals surface area contributed by atoms with Crippen molar-refractivity contribution in [2.24, 2.45) is 10.8 Å². The van der Waals surface area contributed by atoms with Gasteiger partial charge in [-0.1, -0.05) is 6.58 Å². The molecule has 5 N–H and O–H groups in total. The molecule has 0 aliphatic heterocycles. The zero-order chi connectivity index (χ0) is 16.4. The van der Waals surface area contributed by atoms with Crippen molar-refractivity contribution in [3.8, 4) is 0 Å². The van der Waals surface area contributed by atoms with E-state index in [4.69, 9.17) is 24.8 Å². The second kappa shape index (κ2) is 18.9. The van der Waals surface area contributed by atoms with Crippen LogP contribution in [0.5, 0.6) is 0 Å². The largest absolute Gasteiger partial charge is 0.462 e. The van der Waals surface area contributed by atoms with Gasteiger partial charge in [0, 0.05) is 6.08 Å². The lowest BCUT2D eigenvalue weighted by Gasteiger charge is -2.32. The van der Waals surface area contributed by atoms with Crippen LogP contribution < -0.4 is 0 Å². The van der Waals surface area contributed by atoms with Crippen molar-refractivity contribution in [3.63, 3.8) is 0 Å². The van der Waals surface area contributed by atoms with Crippen molar-refractivity contribution in [2.45, 2.75) is 0 Å². The minimum atomic E-state index is -1.22. The van der Waals surface area contributed by atoms with Crippen LogP contribution in [0, 0.1) is 10.8 Å². The van der Waals surface area contributed by atoms with E-state index in [0.717, 1.165) is 6.08 Å². The number of carbonyl (C=O) groups excluding carboxylic acids is 1. The average molecular weight is 454 g/mol. The smallest absolute Gasteiger partial charge is 0.330 e. The SMILES string of the molecule is C=CC(=O)OCC(CO)(CO)COCC(CO)(CO)CO.Cl.Cl.Cl.Cl. The predicted molar refractivity (Wildman–Crippen MR) is 101 cm³/mol. The molecule has 25 heavy (non-hydrogen) atoms. The third kappa shape index (κ3) is 12.2. The molecule has 0 fully saturated rings. The number of rotatable bonds is 12. The standard InChI is InChI=1S/C13H24O8.4ClH/c1-2-11(19)21-10-13(6-17,7-18)9-20-8-12(3-14,4-15)5-16;;;;/h2,14-18H,1,3-10H2;4*1H. The fourth-order valence-corrected chi connectivity index (χ4v) is 1.33. The second-order valence-electron chi connectivity index (χ2n) is 5.10. The molecule has 0 aliphatic carbocycles. The van der Waals surface area contributed by atoms with Gasteiger partial charge in [0.05, 0.1) is 57.1 Å². The normalized spacial score (nSPS) is 10.3. The molecule has 0 rings (SSSR count).